The molecule has 1 unspecified atom stereocenters. The second-order valence-electron chi connectivity index (χ2n) is 3.65. The molecule has 0 spiro atoms. The average Bonchev–Trinajstić information content (AvgIpc) is 2.60. The van der Waals surface area contributed by atoms with Crippen LogP contribution in [0.25, 0.3) is 0 Å². The zero-order valence-corrected chi connectivity index (χ0v) is 8.37. The van der Waals surface area contributed by atoms with Crippen LogP contribution in [0.1, 0.15) is 17.9 Å². The fraction of sp³-hybridized carbons (Fsp3) is 0.300. The third-order valence-corrected chi connectivity index (χ3v) is 2.69. The minimum atomic E-state index is -0.488. The Balaban J connectivity index is 2.22. The van der Waals surface area contributed by atoms with Gasteiger partial charge in [-0.2, -0.15) is 0 Å². The first-order valence-electron chi connectivity index (χ1n) is 4.84. The largest absolute Gasteiger partial charge is 0.286 e. The molecule has 16 heavy (non-hydrogen) atoms. The van der Waals surface area contributed by atoms with Gasteiger partial charge in [0, 0.05) is 18.7 Å². The second kappa shape index (κ2) is 3.90. The lowest BCUT2D eigenvalue weighted by Crippen LogP contribution is -2.22. The van der Waals surface area contributed by atoms with Crippen LogP contribution < -0.4 is 0 Å². The second-order valence-corrected chi connectivity index (χ2v) is 3.65. The van der Waals surface area contributed by atoms with Gasteiger partial charge in [-0.15, -0.1) is 0 Å². The maximum atomic E-state index is 11.5. The van der Waals surface area contributed by atoms with Crippen LogP contribution in [0.15, 0.2) is 24.3 Å². The molecule has 1 fully saturated rings. The summed E-state index contributed by atoms with van der Waals surface area (Å²) in [6, 6.07) is 5.84. The smallest absolute Gasteiger partial charge is 0.269 e. The standard InChI is InChI=1S/C10H10N2O4/c13-10-9(5-6-11(10)14)7-1-3-8(4-2-7)12(15)16/h1-4,9,14H,5-6H2. The number of hydroxylamine groups is 2. The Morgan fingerprint density at radius 2 is 2.00 bits per heavy atom. The van der Waals surface area contributed by atoms with Crippen LogP contribution in [-0.2, 0) is 4.79 Å². The van der Waals surface area contributed by atoms with E-state index in [2.05, 4.69) is 0 Å². The summed E-state index contributed by atoms with van der Waals surface area (Å²) in [6.45, 7) is 0.306. The van der Waals surface area contributed by atoms with E-state index >= 15 is 0 Å². The number of amides is 1. The number of hydrogen-bond donors (Lipinski definition) is 1. The van der Waals surface area contributed by atoms with Gasteiger partial charge >= 0.3 is 0 Å². The molecule has 1 aromatic rings. The number of hydrogen-bond acceptors (Lipinski definition) is 4. The summed E-state index contributed by atoms with van der Waals surface area (Å²) in [7, 11) is 0. The predicted octanol–water partition coefficient (Wildman–Crippen LogP) is 1.30. The maximum Gasteiger partial charge on any atom is 0.269 e. The Morgan fingerprint density at radius 1 is 1.38 bits per heavy atom. The highest BCUT2D eigenvalue weighted by Crippen LogP contribution is 2.28. The van der Waals surface area contributed by atoms with Crippen LogP contribution in [-0.4, -0.2) is 27.6 Å². The van der Waals surface area contributed by atoms with Crippen LogP contribution in [0.4, 0.5) is 5.69 Å². The van der Waals surface area contributed by atoms with Crippen LogP contribution in [0, 0.1) is 10.1 Å². The third kappa shape index (κ3) is 1.74. The minimum absolute atomic E-state index is 0.00458. The van der Waals surface area contributed by atoms with Crippen molar-refractivity contribution in [3.8, 4) is 0 Å². The lowest BCUT2D eigenvalue weighted by Gasteiger charge is -2.08. The SMILES string of the molecule is O=C1C(c2ccc([N+](=O)[O-])cc2)CCN1O. The highest BCUT2D eigenvalue weighted by atomic mass is 16.6. The molecule has 1 N–H and O–H groups in total. The molecule has 84 valence electrons. The molecule has 6 nitrogen and oxygen atoms in total. The van der Waals surface area contributed by atoms with Gasteiger partial charge in [-0.25, -0.2) is 5.06 Å². The molecule has 1 amide bonds. The van der Waals surface area contributed by atoms with E-state index in [0.717, 1.165) is 0 Å². The van der Waals surface area contributed by atoms with Gasteiger partial charge in [-0.1, -0.05) is 12.1 Å². The number of nitro benzene ring substituents is 1. The first-order valence-corrected chi connectivity index (χ1v) is 4.84. The van der Waals surface area contributed by atoms with Gasteiger partial charge in [0.1, 0.15) is 0 Å². The van der Waals surface area contributed by atoms with Crippen LogP contribution in [0.5, 0.6) is 0 Å². The zero-order valence-electron chi connectivity index (χ0n) is 8.37. The van der Waals surface area contributed by atoms with E-state index in [1.165, 1.54) is 12.1 Å². The molecule has 1 saturated heterocycles. The number of carbonyl (C=O) groups is 1. The van der Waals surface area contributed by atoms with E-state index in [1.54, 1.807) is 12.1 Å². The van der Waals surface area contributed by atoms with Crippen LogP contribution >= 0.6 is 0 Å². The first-order chi connectivity index (χ1) is 7.59. The van der Waals surface area contributed by atoms with Crippen LogP contribution in [0.3, 0.4) is 0 Å². The molecule has 0 radical (unpaired) electrons. The lowest BCUT2D eigenvalue weighted by atomic mass is 9.98. The number of carbonyl (C=O) groups excluding carboxylic acids is 1. The van der Waals surface area contributed by atoms with Crippen molar-refractivity contribution in [1.29, 1.82) is 0 Å². The Morgan fingerprint density at radius 3 is 2.44 bits per heavy atom. The molecule has 0 saturated carbocycles. The van der Waals surface area contributed by atoms with Gasteiger partial charge in [-0.05, 0) is 12.0 Å². The highest BCUT2D eigenvalue weighted by molar-refractivity contribution is 5.84. The first kappa shape index (κ1) is 10.6. The summed E-state index contributed by atoms with van der Waals surface area (Å²) >= 11 is 0. The van der Waals surface area contributed by atoms with E-state index in [9.17, 15) is 14.9 Å². The summed E-state index contributed by atoms with van der Waals surface area (Å²) in [4.78, 5) is 21.4. The Labute approximate surface area is 91.2 Å². The van der Waals surface area contributed by atoms with Crippen LogP contribution in [0.2, 0.25) is 0 Å². The van der Waals surface area contributed by atoms with Crippen molar-refractivity contribution in [2.24, 2.45) is 0 Å². The molecule has 1 atom stereocenters. The molecular formula is C10H10N2O4. The Kier molecular flexibility index (Phi) is 2.57. The molecule has 1 aliphatic heterocycles. The van der Waals surface area contributed by atoms with Crippen molar-refractivity contribution in [3.63, 3.8) is 0 Å². The number of benzene rings is 1. The average molecular weight is 222 g/mol. The monoisotopic (exact) mass is 222 g/mol. The molecule has 6 heteroatoms. The fourth-order valence-electron chi connectivity index (χ4n) is 1.80. The van der Waals surface area contributed by atoms with Crippen molar-refractivity contribution in [2.45, 2.75) is 12.3 Å². The maximum absolute atomic E-state index is 11.5. The van der Waals surface area contributed by atoms with E-state index in [0.29, 0.717) is 23.6 Å². The molecule has 0 bridgehead atoms. The van der Waals surface area contributed by atoms with Gasteiger partial charge in [0.05, 0.1) is 10.8 Å². The number of nitro groups is 1. The lowest BCUT2D eigenvalue weighted by molar-refractivity contribution is -0.384. The van der Waals surface area contributed by atoms with Gasteiger partial charge in [0.2, 0.25) is 0 Å². The topological polar surface area (TPSA) is 83.7 Å². The molecule has 1 heterocycles. The summed E-state index contributed by atoms with van der Waals surface area (Å²) in [6.07, 6.45) is 0.535. The van der Waals surface area contributed by atoms with Crippen molar-refractivity contribution >= 4 is 11.6 Å². The quantitative estimate of drug-likeness (QED) is 0.464. The summed E-state index contributed by atoms with van der Waals surface area (Å²) in [5, 5.41) is 20.3. The number of nitrogens with zero attached hydrogens (tertiary/aromatic N) is 2. The van der Waals surface area contributed by atoms with Crippen molar-refractivity contribution in [2.75, 3.05) is 6.54 Å². The van der Waals surface area contributed by atoms with E-state index in [1.807, 2.05) is 0 Å². The number of non-ortho nitro benzene ring substituents is 1. The summed E-state index contributed by atoms with van der Waals surface area (Å²) < 4.78 is 0. The van der Waals surface area contributed by atoms with E-state index in [-0.39, 0.29) is 17.5 Å². The summed E-state index contributed by atoms with van der Waals surface area (Å²) in [5.74, 6) is -0.736. The highest BCUT2D eigenvalue weighted by Gasteiger charge is 2.32. The van der Waals surface area contributed by atoms with Gasteiger partial charge in [0.25, 0.3) is 11.6 Å². The van der Waals surface area contributed by atoms with Crippen molar-refractivity contribution < 1.29 is 14.9 Å². The Bertz CT molecular complexity index is 429. The molecule has 1 aromatic carbocycles. The normalized spacial score (nSPS) is 20.2. The molecule has 2 rings (SSSR count). The predicted molar refractivity (Wildman–Crippen MR) is 54.0 cm³/mol. The fourth-order valence-corrected chi connectivity index (χ4v) is 1.80. The molecular weight excluding hydrogens is 212 g/mol. The Hall–Kier alpha value is -1.95. The minimum Gasteiger partial charge on any atom is -0.286 e. The molecule has 0 aromatic heterocycles. The molecule has 1 aliphatic rings. The number of rotatable bonds is 2. The summed E-state index contributed by atoms with van der Waals surface area (Å²) in [5.41, 5.74) is 0.696. The van der Waals surface area contributed by atoms with Gasteiger partial charge < -0.3 is 0 Å². The third-order valence-electron chi connectivity index (χ3n) is 2.69. The van der Waals surface area contributed by atoms with E-state index < -0.39 is 4.92 Å². The zero-order chi connectivity index (χ0) is 11.7. The van der Waals surface area contributed by atoms with Gasteiger partial charge in [-0.3, -0.25) is 20.1 Å². The van der Waals surface area contributed by atoms with Gasteiger partial charge in [0.15, 0.2) is 0 Å². The molecule has 0 aliphatic carbocycles. The van der Waals surface area contributed by atoms with E-state index in [4.69, 9.17) is 5.21 Å². The van der Waals surface area contributed by atoms with Crippen molar-refractivity contribution in [3.05, 3.63) is 39.9 Å². The van der Waals surface area contributed by atoms with Crippen molar-refractivity contribution in [1.82, 2.24) is 5.06 Å².